The summed E-state index contributed by atoms with van der Waals surface area (Å²) in [7, 11) is 0. The Morgan fingerprint density at radius 3 is 2.71 bits per heavy atom. The standard InChI is InChI=1S/C21H26ClN3O3/c22-17-5-3-15(4-6-17)13-25-9-7-16(8-10-25)19-12-20(28-24-19)21(26)23-18-2-1-11-27-14-18/h3-6,12,16,18H,1-2,7-11,13-14H2,(H,23,26)/t18-/m1/s1. The second kappa shape index (κ2) is 9.07. The second-order valence-corrected chi connectivity index (χ2v) is 8.12. The van der Waals surface area contributed by atoms with Crippen LogP contribution in [0.25, 0.3) is 0 Å². The summed E-state index contributed by atoms with van der Waals surface area (Å²) < 4.78 is 10.7. The van der Waals surface area contributed by atoms with Crippen LogP contribution in [0, 0.1) is 0 Å². The van der Waals surface area contributed by atoms with Gasteiger partial charge in [0.15, 0.2) is 0 Å². The molecule has 1 atom stereocenters. The number of halogens is 1. The molecule has 2 saturated heterocycles. The van der Waals surface area contributed by atoms with E-state index >= 15 is 0 Å². The minimum absolute atomic E-state index is 0.0610. The van der Waals surface area contributed by atoms with Crippen molar-refractivity contribution in [3.05, 3.63) is 52.4 Å². The lowest BCUT2D eigenvalue weighted by atomic mass is 9.93. The molecule has 2 aromatic rings. The first kappa shape index (κ1) is 19.4. The molecule has 1 aromatic heterocycles. The summed E-state index contributed by atoms with van der Waals surface area (Å²) in [6.07, 6.45) is 3.94. The van der Waals surface area contributed by atoms with Crippen molar-refractivity contribution in [1.29, 1.82) is 0 Å². The van der Waals surface area contributed by atoms with E-state index in [2.05, 4.69) is 27.5 Å². The van der Waals surface area contributed by atoms with Crippen molar-refractivity contribution in [2.45, 2.75) is 44.2 Å². The topological polar surface area (TPSA) is 67.6 Å². The van der Waals surface area contributed by atoms with Gasteiger partial charge in [0, 0.05) is 30.2 Å². The Morgan fingerprint density at radius 2 is 2.00 bits per heavy atom. The number of nitrogens with one attached hydrogen (secondary N) is 1. The molecule has 3 heterocycles. The van der Waals surface area contributed by atoms with E-state index in [1.165, 1.54) is 5.56 Å². The number of piperidine rings is 1. The molecule has 2 aliphatic heterocycles. The van der Waals surface area contributed by atoms with E-state index in [-0.39, 0.29) is 11.9 Å². The van der Waals surface area contributed by atoms with Crippen LogP contribution < -0.4 is 5.32 Å². The minimum Gasteiger partial charge on any atom is -0.379 e. The first-order chi connectivity index (χ1) is 13.7. The number of carbonyl (C=O) groups excluding carboxylic acids is 1. The van der Waals surface area contributed by atoms with E-state index in [9.17, 15) is 4.79 Å². The largest absolute Gasteiger partial charge is 0.379 e. The second-order valence-electron chi connectivity index (χ2n) is 7.68. The van der Waals surface area contributed by atoms with Crippen molar-refractivity contribution in [2.75, 3.05) is 26.3 Å². The van der Waals surface area contributed by atoms with Crippen LogP contribution in [-0.2, 0) is 11.3 Å². The molecule has 4 rings (SSSR count). The Kier molecular flexibility index (Phi) is 6.29. The van der Waals surface area contributed by atoms with Gasteiger partial charge in [0.05, 0.1) is 18.3 Å². The van der Waals surface area contributed by atoms with Gasteiger partial charge in [-0.15, -0.1) is 0 Å². The number of hydrogen-bond donors (Lipinski definition) is 1. The van der Waals surface area contributed by atoms with E-state index < -0.39 is 0 Å². The summed E-state index contributed by atoms with van der Waals surface area (Å²) in [5.41, 5.74) is 2.16. The van der Waals surface area contributed by atoms with Crippen molar-refractivity contribution in [3.63, 3.8) is 0 Å². The lowest BCUT2D eigenvalue weighted by Gasteiger charge is -2.31. The number of likely N-dealkylation sites (tertiary alicyclic amines) is 1. The van der Waals surface area contributed by atoms with Gasteiger partial charge in [-0.1, -0.05) is 28.9 Å². The quantitative estimate of drug-likeness (QED) is 0.825. The Hall–Kier alpha value is -1.89. The highest BCUT2D eigenvalue weighted by Crippen LogP contribution is 2.28. The number of benzene rings is 1. The smallest absolute Gasteiger partial charge is 0.290 e. The molecule has 1 amide bonds. The number of carbonyl (C=O) groups is 1. The molecule has 0 spiro atoms. The van der Waals surface area contributed by atoms with Crippen LogP contribution in [0.5, 0.6) is 0 Å². The molecule has 1 aromatic carbocycles. The van der Waals surface area contributed by atoms with E-state index in [4.69, 9.17) is 20.9 Å². The maximum Gasteiger partial charge on any atom is 0.290 e. The van der Waals surface area contributed by atoms with Gasteiger partial charge < -0.3 is 14.6 Å². The normalized spacial score (nSPS) is 21.5. The van der Waals surface area contributed by atoms with Crippen molar-refractivity contribution in [3.8, 4) is 0 Å². The van der Waals surface area contributed by atoms with Crippen LogP contribution in [0.3, 0.4) is 0 Å². The van der Waals surface area contributed by atoms with Gasteiger partial charge >= 0.3 is 0 Å². The predicted octanol–water partition coefficient (Wildman–Crippen LogP) is 3.62. The van der Waals surface area contributed by atoms with Crippen LogP contribution >= 0.6 is 11.6 Å². The van der Waals surface area contributed by atoms with Crippen LogP contribution in [0.4, 0.5) is 0 Å². The molecule has 0 unspecified atom stereocenters. The number of rotatable bonds is 5. The van der Waals surface area contributed by atoms with Crippen LogP contribution in [0.2, 0.25) is 5.02 Å². The average molecular weight is 404 g/mol. The zero-order chi connectivity index (χ0) is 19.3. The van der Waals surface area contributed by atoms with Crippen LogP contribution in [-0.4, -0.2) is 48.3 Å². The van der Waals surface area contributed by atoms with Crippen molar-refractivity contribution in [1.82, 2.24) is 15.4 Å². The molecule has 0 radical (unpaired) electrons. The SMILES string of the molecule is O=C(N[C@@H]1CCCOC1)c1cc(C2CCN(Cc3ccc(Cl)cc3)CC2)no1. The molecule has 2 aliphatic rings. The van der Waals surface area contributed by atoms with E-state index in [0.29, 0.717) is 18.3 Å². The summed E-state index contributed by atoms with van der Waals surface area (Å²) >= 11 is 5.96. The third-order valence-electron chi connectivity index (χ3n) is 5.57. The summed E-state index contributed by atoms with van der Waals surface area (Å²) in [5.74, 6) is 0.434. The maximum absolute atomic E-state index is 12.4. The fraction of sp³-hybridized carbons (Fsp3) is 0.524. The Bertz CT molecular complexity index is 778. The molecule has 28 heavy (non-hydrogen) atoms. The summed E-state index contributed by atoms with van der Waals surface area (Å²) in [6, 6.07) is 9.89. The zero-order valence-electron chi connectivity index (χ0n) is 15.9. The average Bonchev–Trinajstić information content (AvgIpc) is 3.22. The minimum atomic E-state index is -0.200. The highest BCUT2D eigenvalue weighted by Gasteiger charge is 2.26. The number of amides is 1. The summed E-state index contributed by atoms with van der Waals surface area (Å²) in [4.78, 5) is 14.8. The molecule has 150 valence electrons. The fourth-order valence-electron chi connectivity index (χ4n) is 3.93. The third kappa shape index (κ3) is 4.93. The van der Waals surface area contributed by atoms with Gasteiger partial charge in [0.25, 0.3) is 5.91 Å². The van der Waals surface area contributed by atoms with Crippen molar-refractivity contribution in [2.24, 2.45) is 0 Å². The first-order valence-corrected chi connectivity index (χ1v) is 10.4. The maximum atomic E-state index is 12.4. The van der Waals surface area contributed by atoms with Crippen molar-refractivity contribution >= 4 is 17.5 Å². The molecule has 0 bridgehead atoms. The molecule has 7 heteroatoms. The highest BCUT2D eigenvalue weighted by molar-refractivity contribution is 6.30. The van der Waals surface area contributed by atoms with Gasteiger partial charge in [0.2, 0.25) is 5.76 Å². The Balaban J connectivity index is 1.27. The van der Waals surface area contributed by atoms with Gasteiger partial charge in [-0.3, -0.25) is 9.69 Å². The summed E-state index contributed by atoms with van der Waals surface area (Å²) in [6.45, 7) is 4.27. The molecule has 6 nitrogen and oxygen atoms in total. The van der Waals surface area contributed by atoms with Gasteiger partial charge in [0.1, 0.15) is 0 Å². The summed E-state index contributed by atoms with van der Waals surface area (Å²) in [5, 5.41) is 7.91. The Labute approximate surface area is 170 Å². The van der Waals surface area contributed by atoms with E-state index in [0.717, 1.165) is 62.6 Å². The fourth-order valence-corrected chi connectivity index (χ4v) is 4.06. The lowest BCUT2D eigenvalue weighted by molar-refractivity contribution is 0.0608. The number of nitrogens with zero attached hydrogens (tertiary/aromatic N) is 2. The first-order valence-electron chi connectivity index (χ1n) is 9.99. The lowest BCUT2D eigenvalue weighted by Crippen LogP contribution is -2.40. The predicted molar refractivity (Wildman–Crippen MR) is 107 cm³/mol. The molecule has 2 fully saturated rings. The van der Waals surface area contributed by atoms with Gasteiger partial charge in [-0.2, -0.15) is 0 Å². The number of aromatic nitrogens is 1. The Morgan fingerprint density at radius 1 is 1.21 bits per heavy atom. The molecular formula is C21H26ClN3O3. The zero-order valence-corrected chi connectivity index (χ0v) is 16.7. The molecular weight excluding hydrogens is 378 g/mol. The molecule has 1 N–H and O–H groups in total. The van der Waals surface area contributed by atoms with Gasteiger partial charge in [-0.05, 0) is 56.5 Å². The number of hydrogen-bond acceptors (Lipinski definition) is 5. The van der Waals surface area contributed by atoms with E-state index in [1.807, 2.05) is 12.1 Å². The van der Waals surface area contributed by atoms with Gasteiger partial charge in [-0.25, -0.2) is 0 Å². The van der Waals surface area contributed by atoms with Crippen molar-refractivity contribution < 1.29 is 14.1 Å². The van der Waals surface area contributed by atoms with Crippen LogP contribution in [0.1, 0.15) is 53.4 Å². The highest BCUT2D eigenvalue weighted by atomic mass is 35.5. The monoisotopic (exact) mass is 403 g/mol. The van der Waals surface area contributed by atoms with Crippen LogP contribution in [0.15, 0.2) is 34.9 Å². The number of ether oxygens (including phenoxy) is 1. The third-order valence-corrected chi connectivity index (χ3v) is 5.82. The molecule has 0 saturated carbocycles. The van der Waals surface area contributed by atoms with E-state index in [1.54, 1.807) is 6.07 Å². The molecule has 0 aliphatic carbocycles.